The number of aromatic nitrogens is 3. The maximum Gasteiger partial charge on any atom is 0.225 e. The minimum Gasteiger partial charge on any atom is -0.383 e. The van der Waals surface area contributed by atoms with Gasteiger partial charge >= 0.3 is 0 Å². The van der Waals surface area contributed by atoms with Crippen molar-refractivity contribution in [1.29, 1.82) is 0 Å². The molecule has 80 valence electrons. The lowest BCUT2D eigenvalue weighted by Crippen LogP contribution is -2.15. The predicted octanol–water partition coefficient (Wildman–Crippen LogP) is 2.26. The van der Waals surface area contributed by atoms with Crippen LogP contribution in [0, 0.1) is 0 Å². The topological polar surface area (TPSA) is 39.9 Å². The molecule has 0 saturated carbocycles. The van der Waals surface area contributed by atoms with Crippen LogP contribution < -0.4 is 0 Å². The summed E-state index contributed by atoms with van der Waals surface area (Å²) in [6.45, 7) is 6.77. The Bertz CT molecular complexity index is 298. The summed E-state index contributed by atoms with van der Waals surface area (Å²) in [5.41, 5.74) is 0. The third-order valence-corrected chi connectivity index (χ3v) is 2.30. The van der Waals surface area contributed by atoms with E-state index in [1.54, 1.807) is 7.11 Å². The second-order valence-corrected chi connectivity index (χ2v) is 3.99. The van der Waals surface area contributed by atoms with Gasteiger partial charge in [-0.25, -0.2) is 0 Å². The molecule has 1 heterocycles. The van der Waals surface area contributed by atoms with Crippen LogP contribution in [-0.2, 0) is 4.74 Å². The maximum absolute atomic E-state index is 5.95. The van der Waals surface area contributed by atoms with Crippen LogP contribution in [0.5, 0.6) is 0 Å². The van der Waals surface area contributed by atoms with Crippen LogP contribution >= 0.6 is 11.6 Å². The molecule has 1 rings (SSSR count). The molecule has 0 saturated heterocycles. The molecule has 0 aliphatic rings. The molecule has 0 radical (unpaired) electrons. The molecule has 0 spiro atoms. The molecular weight excluding hydrogens is 202 g/mol. The number of methoxy groups -OCH3 is 1. The molecule has 4 nitrogen and oxygen atoms in total. The number of hydrogen-bond acceptors (Lipinski definition) is 3. The van der Waals surface area contributed by atoms with Crippen molar-refractivity contribution < 1.29 is 4.74 Å². The van der Waals surface area contributed by atoms with E-state index in [9.17, 15) is 0 Å². The van der Waals surface area contributed by atoms with Gasteiger partial charge in [0.15, 0.2) is 0 Å². The second kappa shape index (κ2) is 4.75. The highest BCUT2D eigenvalue weighted by atomic mass is 35.5. The summed E-state index contributed by atoms with van der Waals surface area (Å²) in [7, 11) is 1.67. The van der Waals surface area contributed by atoms with E-state index in [1.807, 2.05) is 11.5 Å². The highest BCUT2D eigenvalue weighted by molar-refractivity contribution is 6.28. The average Bonchev–Trinajstić information content (AvgIpc) is 2.47. The fraction of sp³-hybridized carbons (Fsp3) is 0.778. The number of rotatable bonds is 4. The van der Waals surface area contributed by atoms with Crippen molar-refractivity contribution in [2.24, 2.45) is 0 Å². The second-order valence-electron chi connectivity index (χ2n) is 3.66. The van der Waals surface area contributed by atoms with Crippen LogP contribution in [0.4, 0.5) is 0 Å². The fourth-order valence-electron chi connectivity index (χ4n) is 1.40. The zero-order valence-electron chi connectivity index (χ0n) is 8.99. The van der Waals surface area contributed by atoms with Crippen LogP contribution in [0.15, 0.2) is 0 Å². The maximum atomic E-state index is 5.95. The van der Waals surface area contributed by atoms with E-state index in [2.05, 4.69) is 24.0 Å². The molecule has 0 aromatic carbocycles. The van der Waals surface area contributed by atoms with E-state index in [-0.39, 0.29) is 6.04 Å². The lowest BCUT2D eigenvalue weighted by Gasteiger charge is -2.16. The third-order valence-electron chi connectivity index (χ3n) is 2.05. The van der Waals surface area contributed by atoms with Gasteiger partial charge in [-0.15, -0.1) is 10.2 Å². The molecule has 1 unspecified atom stereocenters. The van der Waals surface area contributed by atoms with E-state index in [0.29, 0.717) is 17.8 Å². The highest BCUT2D eigenvalue weighted by Crippen LogP contribution is 2.21. The van der Waals surface area contributed by atoms with Gasteiger partial charge in [0.05, 0.1) is 12.6 Å². The largest absolute Gasteiger partial charge is 0.383 e. The predicted molar refractivity (Wildman–Crippen MR) is 55.7 cm³/mol. The quantitative estimate of drug-likeness (QED) is 0.777. The first kappa shape index (κ1) is 11.5. The summed E-state index contributed by atoms with van der Waals surface area (Å²) in [6.07, 6.45) is 0. The fourth-order valence-corrected chi connectivity index (χ4v) is 1.69. The van der Waals surface area contributed by atoms with E-state index in [4.69, 9.17) is 16.3 Å². The molecule has 0 bridgehead atoms. The van der Waals surface area contributed by atoms with Crippen molar-refractivity contribution >= 4 is 11.6 Å². The van der Waals surface area contributed by atoms with Gasteiger partial charge in [0, 0.05) is 13.0 Å². The first-order valence-electron chi connectivity index (χ1n) is 4.67. The lowest BCUT2D eigenvalue weighted by molar-refractivity contribution is 0.160. The van der Waals surface area contributed by atoms with Crippen molar-refractivity contribution in [3.63, 3.8) is 0 Å². The van der Waals surface area contributed by atoms with Crippen LogP contribution in [-0.4, -0.2) is 28.5 Å². The van der Waals surface area contributed by atoms with Gasteiger partial charge in [-0.3, -0.25) is 4.57 Å². The minimum atomic E-state index is 0.167. The Morgan fingerprint density at radius 3 is 2.50 bits per heavy atom. The van der Waals surface area contributed by atoms with Gasteiger partial charge in [0.25, 0.3) is 0 Å². The normalized spacial score (nSPS) is 13.6. The number of ether oxygens (including phenoxy) is 1. The van der Waals surface area contributed by atoms with Crippen molar-refractivity contribution in [3.05, 3.63) is 11.1 Å². The lowest BCUT2D eigenvalue weighted by atomic mass is 10.2. The third kappa shape index (κ3) is 2.25. The summed E-state index contributed by atoms with van der Waals surface area (Å²) >= 11 is 5.95. The van der Waals surface area contributed by atoms with E-state index >= 15 is 0 Å². The zero-order chi connectivity index (χ0) is 10.7. The van der Waals surface area contributed by atoms with E-state index in [0.717, 1.165) is 5.82 Å². The first-order chi connectivity index (χ1) is 6.57. The Hall–Kier alpha value is -0.610. The molecule has 0 N–H and O–H groups in total. The monoisotopic (exact) mass is 217 g/mol. The molecular formula is C9H16ClN3O. The van der Waals surface area contributed by atoms with Crippen LogP contribution in [0.25, 0.3) is 0 Å². The molecule has 0 fully saturated rings. The molecule has 14 heavy (non-hydrogen) atoms. The Morgan fingerprint density at radius 1 is 1.36 bits per heavy atom. The van der Waals surface area contributed by atoms with Gasteiger partial charge in [0.1, 0.15) is 5.82 Å². The van der Waals surface area contributed by atoms with Crippen LogP contribution in [0.1, 0.15) is 38.6 Å². The molecule has 1 aromatic rings. The summed E-state index contributed by atoms with van der Waals surface area (Å²) in [6, 6.07) is 0.167. The molecule has 0 aliphatic carbocycles. The van der Waals surface area contributed by atoms with Gasteiger partial charge in [0.2, 0.25) is 5.28 Å². The van der Waals surface area contributed by atoms with Crippen molar-refractivity contribution in [3.8, 4) is 0 Å². The standard InChI is InChI=1S/C9H16ClN3O/c1-6(2)8-11-12-9(10)13(8)7(3)5-14-4/h6-7H,5H2,1-4H3. The van der Waals surface area contributed by atoms with Gasteiger partial charge in [-0.1, -0.05) is 13.8 Å². The van der Waals surface area contributed by atoms with Crippen molar-refractivity contribution in [1.82, 2.24) is 14.8 Å². The number of halogens is 1. The highest BCUT2D eigenvalue weighted by Gasteiger charge is 2.17. The number of nitrogens with zero attached hydrogens (tertiary/aromatic N) is 3. The van der Waals surface area contributed by atoms with Crippen molar-refractivity contribution in [2.75, 3.05) is 13.7 Å². The van der Waals surface area contributed by atoms with Gasteiger partial charge < -0.3 is 4.74 Å². The molecule has 1 aromatic heterocycles. The molecule has 0 aliphatic heterocycles. The van der Waals surface area contributed by atoms with Gasteiger partial charge in [-0.2, -0.15) is 0 Å². The molecule has 5 heteroatoms. The summed E-state index contributed by atoms with van der Waals surface area (Å²) in [4.78, 5) is 0. The average molecular weight is 218 g/mol. The van der Waals surface area contributed by atoms with Gasteiger partial charge in [-0.05, 0) is 18.5 Å². The smallest absolute Gasteiger partial charge is 0.225 e. The SMILES string of the molecule is COCC(C)n1c(Cl)nnc1C(C)C. The minimum absolute atomic E-state index is 0.167. The Balaban J connectivity index is 2.98. The summed E-state index contributed by atoms with van der Waals surface area (Å²) < 4.78 is 6.99. The Labute approximate surface area is 89.2 Å². The van der Waals surface area contributed by atoms with E-state index < -0.39 is 0 Å². The Morgan fingerprint density at radius 2 is 2.00 bits per heavy atom. The first-order valence-corrected chi connectivity index (χ1v) is 5.05. The number of hydrogen-bond donors (Lipinski definition) is 0. The van der Waals surface area contributed by atoms with Crippen LogP contribution in [0.2, 0.25) is 5.28 Å². The summed E-state index contributed by atoms with van der Waals surface area (Å²) in [5, 5.41) is 8.34. The van der Waals surface area contributed by atoms with Crippen LogP contribution in [0.3, 0.4) is 0 Å². The summed E-state index contributed by atoms with van der Waals surface area (Å²) in [5.74, 6) is 1.22. The Kier molecular flexibility index (Phi) is 3.89. The van der Waals surface area contributed by atoms with Crippen molar-refractivity contribution in [2.45, 2.75) is 32.7 Å². The molecule has 0 amide bonds. The van der Waals surface area contributed by atoms with E-state index in [1.165, 1.54) is 0 Å². The zero-order valence-corrected chi connectivity index (χ0v) is 9.75. The molecule has 1 atom stereocenters.